The van der Waals surface area contributed by atoms with Gasteiger partial charge in [0.15, 0.2) is 0 Å². The van der Waals surface area contributed by atoms with Crippen molar-refractivity contribution in [3.05, 3.63) is 143 Å². The van der Waals surface area contributed by atoms with Crippen molar-refractivity contribution in [1.29, 1.82) is 0 Å². The molecule has 0 N–H and O–H groups in total. The zero-order valence-corrected chi connectivity index (χ0v) is 24.1. The van der Waals surface area contributed by atoms with Crippen LogP contribution in [0.2, 0.25) is 0 Å². The summed E-state index contributed by atoms with van der Waals surface area (Å²) >= 11 is 0. The highest BCUT2D eigenvalue weighted by atomic mass is 16.6. The van der Waals surface area contributed by atoms with Crippen LogP contribution in [0.3, 0.4) is 0 Å². The number of carbonyl (C=O) groups excluding carboxylic acids is 4. The third-order valence-corrected chi connectivity index (χ3v) is 8.20. The van der Waals surface area contributed by atoms with Crippen molar-refractivity contribution in [2.45, 2.75) is 37.8 Å². The Morgan fingerprint density at radius 3 is 1.30 bits per heavy atom. The van der Waals surface area contributed by atoms with Gasteiger partial charge in [-0.25, -0.2) is 9.59 Å². The van der Waals surface area contributed by atoms with E-state index in [1.165, 1.54) is 9.80 Å². The van der Waals surface area contributed by atoms with E-state index in [0.29, 0.717) is 25.9 Å². The minimum Gasteiger partial charge on any atom is -0.376 e. The number of hydrogen-bond donors (Lipinski definition) is 0. The van der Waals surface area contributed by atoms with Gasteiger partial charge in [0.2, 0.25) is 0 Å². The average molecular weight is 589 g/mol. The standard InChI is InChI=1S/C36H32N2O6/c39-31(43-35(41)37-23-21-25-11-7-9-17-29(25)33(37)27-13-3-1-4-14-27)19-20-32(40)44-36(42)38-24-22-26-12-8-10-18-30(26)34(38)28-15-5-2-6-16-28/h1-18,33-34H,19-24H2/t33-,34-/m0/s1. The number of carbonyl (C=O) groups is 4. The molecule has 0 unspecified atom stereocenters. The molecule has 2 atom stereocenters. The van der Waals surface area contributed by atoms with Gasteiger partial charge < -0.3 is 9.47 Å². The summed E-state index contributed by atoms with van der Waals surface area (Å²) in [5, 5.41) is 0. The fourth-order valence-electron chi connectivity index (χ4n) is 6.13. The second kappa shape index (κ2) is 13.0. The molecule has 0 bridgehead atoms. The van der Waals surface area contributed by atoms with Crippen molar-refractivity contribution in [3.8, 4) is 0 Å². The van der Waals surface area contributed by atoms with Crippen molar-refractivity contribution in [1.82, 2.24) is 9.80 Å². The topological polar surface area (TPSA) is 93.2 Å². The van der Waals surface area contributed by atoms with Crippen LogP contribution in [-0.2, 0) is 31.9 Å². The second-order valence-electron chi connectivity index (χ2n) is 10.9. The van der Waals surface area contributed by atoms with E-state index in [4.69, 9.17) is 9.47 Å². The van der Waals surface area contributed by atoms with Gasteiger partial charge in [0.05, 0.1) is 24.9 Å². The molecule has 0 saturated heterocycles. The molecular formula is C36H32N2O6. The molecule has 0 fully saturated rings. The van der Waals surface area contributed by atoms with E-state index < -0.39 is 49.1 Å². The van der Waals surface area contributed by atoms with Crippen LogP contribution in [0.15, 0.2) is 109 Å². The molecule has 8 heteroatoms. The normalized spacial score (nSPS) is 17.2. The predicted octanol–water partition coefficient (Wildman–Crippen LogP) is 6.39. The third kappa shape index (κ3) is 6.10. The summed E-state index contributed by atoms with van der Waals surface area (Å²) < 4.78 is 10.4. The van der Waals surface area contributed by atoms with Gasteiger partial charge in [-0.15, -0.1) is 0 Å². The van der Waals surface area contributed by atoms with Gasteiger partial charge in [-0.2, -0.15) is 0 Å². The highest BCUT2D eigenvalue weighted by Crippen LogP contribution is 2.37. The highest BCUT2D eigenvalue weighted by Gasteiger charge is 2.35. The lowest BCUT2D eigenvalue weighted by Crippen LogP contribution is -2.42. The summed E-state index contributed by atoms with van der Waals surface area (Å²) in [6.45, 7) is 0.752. The van der Waals surface area contributed by atoms with Crippen molar-refractivity contribution in [2.75, 3.05) is 13.1 Å². The Kier molecular flexibility index (Phi) is 8.50. The lowest BCUT2D eigenvalue weighted by atomic mass is 9.88. The summed E-state index contributed by atoms with van der Waals surface area (Å²) in [6, 6.07) is 34.2. The largest absolute Gasteiger partial charge is 0.418 e. The van der Waals surface area contributed by atoms with Gasteiger partial charge in [0, 0.05) is 13.1 Å². The quantitative estimate of drug-likeness (QED) is 0.198. The Hall–Kier alpha value is -5.24. The van der Waals surface area contributed by atoms with Crippen molar-refractivity contribution in [2.24, 2.45) is 0 Å². The molecule has 4 aromatic carbocycles. The van der Waals surface area contributed by atoms with E-state index in [1.807, 2.05) is 109 Å². The first-order valence-electron chi connectivity index (χ1n) is 14.8. The van der Waals surface area contributed by atoms with Crippen LogP contribution in [-0.4, -0.2) is 47.0 Å². The van der Waals surface area contributed by atoms with Crippen LogP contribution in [0.5, 0.6) is 0 Å². The minimum atomic E-state index is -0.862. The molecule has 222 valence electrons. The maximum Gasteiger partial charge on any atom is 0.418 e. The first-order valence-corrected chi connectivity index (χ1v) is 14.8. The predicted molar refractivity (Wildman–Crippen MR) is 162 cm³/mol. The molecule has 0 spiro atoms. The summed E-state index contributed by atoms with van der Waals surface area (Å²) in [6.07, 6.45) is -1.10. The molecule has 4 aromatic rings. The van der Waals surface area contributed by atoms with E-state index in [0.717, 1.165) is 33.4 Å². The maximum atomic E-state index is 13.2. The zero-order valence-electron chi connectivity index (χ0n) is 24.1. The van der Waals surface area contributed by atoms with E-state index in [2.05, 4.69) is 0 Å². The monoisotopic (exact) mass is 588 g/mol. The maximum absolute atomic E-state index is 13.2. The number of benzene rings is 4. The number of ether oxygens (including phenoxy) is 2. The SMILES string of the molecule is O=C(CCC(=O)OC(=O)N1CCc2ccccc2[C@@H]1c1ccccc1)OC(=O)N1CCc2ccccc2[C@@H]1c1ccccc1. The summed E-state index contributed by atoms with van der Waals surface area (Å²) in [5.74, 6) is -1.72. The number of nitrogens with zero attached hydrogens (tertiary/aromatic N) is 2. The van der Waals surface area contributed by atoms with Crippen molar-refractivity contribution in [3.63, 3.8) is 0 Å². The zero-order chi connectivity index (χ0) is 30.5. The van der Waals surface area contributed by atoms with E-state index in [-0.39, 0.29) is 0 Å². The first-order chi connectivity index (χ1) is 21.5. The molecule has 2 aliphatic heterocycles. The lowest BCUT2D eigenvalue weighted by Gasteiger charge is -2.36. The van der Waals surface area contributed by atoms with E-state index in [9.17, 15) is 19.2 Å². The smallest absolute Gasteiger partial charge is 0.376 e. The molecule has 0 aliphatic carbocycles. The number of hydrogen-bond acceptors (Lipinski definition) is 6. The third-order valence-electron chi connectivity index (χ3n) is 8.20. The van der Waals surface area contributed by atoms with Crippen LogP contribution in [0, 0.1) is 0 Å². The molecule has 2 aliphatic rings. The van der Waals surface area contributed by atoms with Crippen LogP contribution in [0.1, 0.15) is 58.3 Å². The fraction of sp³-hybridized carbons (Fsp3) is 0.222. The van der Waals surface area contributed by atoms with Gasteiger partial charge >= 0.3 is 24.1 Å². The Bertz CT molecular complexity index is 1550. The molecule has 2 amide bonds. The number of esters is 2. The minimum absolute atomic E-state index is 0.376. The molecule has 2 heterocycles. The fourth-order valence-corrected chi connectivity index (χ4v) is 6.13. The summed E-state index contributed by atoms with van der Waals surface area (Å²) in [7, 11) is 0. The van der Waals surface area contributed by atoms with E-state index >= 15 is 0 Å². The average Bonchev–Trinajstić information content (AvgIpc) is 3.07. The Balaban J connectivity index is 1.07. The van der Waals surface area contributed by atoms with Gasteiger partial charge in [0.25, 0.3) is 0 Å². The molecule has 0 radical (unpaired) electrons. The number of rotatable bonds is 5. The van der Waals surface area contributed by atoms with Crippen LogP contribution >= 0.6 is 0 Å². The Labute approximate surface area is 255 Å². The summed E-state index contributed by atoms with van der Waals surface area (Å²) in [4.78, 5) is 54.8. The van der Waals surface area contributed by atoms with Crippen molar-refractivity contribution >= 4 is 24.1 Å². The second-order valence-corrected chi connectivity index (χ2v) is 10.9. The Morgan fingerprint density at radius 2 is 0.886 bits per heavy atom. The van der Waals surface area contributed by atoms with Crippen LogP contribution < -0.4 is 0 Å². The number of amides is 2. The Morgan fingerprint density at radius 1 is 0.523 bits per heavy atom. The highest BCUT2D eigenvalue weighted by molar-refractivity contribution is 5.90. The van der Waals surface area contributed by atoms with Gasteiger partial charge in [0.1, 0.15) is 0 Å². The van der Waals surface area contributed by atoms with E-state index in [1.54, 1.807) is 0 Å². The molecule has 44 heavy (non-hydrogen) atoms. The van der Waals surface area contributed by atoms with Crippen LogP contribution in [0.25, 0.3) is 0 Å². The molecule has 0 saturated carbocycles. The molecule has 6 rings (SSSR count). The number of fused-ring (bicyclic) bond motifs is 2. The van der Waals surface area contributed by atoms with Crippen molar-refractivity contribution < 1.29 is 28.7 Å². The first kappa shape index (κ1) is 28.9. The van der Waals surface area contributed by atoms with Gasteiger partial charge in [-0.05, 0) is 46.2 Å². The molecule has 0 aromatic heterocycles. The molecular weight excluding hydrogens is 556 g/mol. The lowest BCUT2D eigenvalue weighted by molar-refractivity contribution is -0.145. The molecule has 8 nitrogen and oxygen atoms in total. The van der Waals surface area contributed by atoms with Gasteiger partial charge in [-0.1, -0.05) is 109 Å². The van der Waals surface area contributed by atoms with Crippen LogP contribution in [0.4, 0.5) is 9.59 Å². The van der Waals surface area contributed by atoms with Gasteiger partial charge in [-0.3, -0.25) is 19.4 Å². The summed E-state index contributed by atoms with van der Waals surface area (Å²) in [5.41, 5.74) is 6.03.